The Kier molecular flexibility index (Phi) is 10.0. The van der Waals surface area contributed by atoms with Crippen LogP contribution in [0.25, 0.3) is 0 Å². The van der Waals surface area contributed by atoms with Crippen LogP contribution in [0.15, 0.2) is 0 Å². The summed E-state index contributed by atoms with van der Waals surface area (Å²) in [6.45, 7) is 6.69. The fourth-order valence-electron chi connectivity index (χ4n) is 0.568. The van der Waals surface area contributed by atoms with E-state index in [0.29, 0.717) is 13.2 Å². The molecule has 82 valence electrons. The molecule has 0 bridgehead atoms. The van der Waals surface area contributed by atoms with E-state index in [4.69, 9.17) is 19.6 Å². The molecule has 4 nitrogen and oxygen atoms in total. The van der Waals surface area contributed by atoms with Crippen molar-refractivity contribution in [2.75, 3.05) is 13.2 Å². The molecule has 0 aliphatic rings. The molecule has 0 radical (unpaired) electrons. The molecule has 0 aromatic carbocycles. The van der Waals surface area contributed by atoms with E-state index in [1.165, 1.54) is 0 Å². The van der Waals surface area contributed by atoms with Crippen molar-refractivity contribution in [2.45, 2.75) is 39.9 Å². The van der Waals surface area contributed by atoms with Crippen molar-refractivity contribution in [3.05, 3.63) is 0 Å². The van der Waals surface area contributed by atoms with E-state index in [1.807, 2.05) is 13.8 Å². The molecule has 0 aromatic heterocycles. The summed E-state index contributed by atoms with van der Waals surface area (Å²) in [6, 6.07) is 0. The molecule has 4 heteroatoms. The second-order valence-electron chi connectivity index (χ2n) is 2.56. The Morgan fingerprint density at radius 1 is 1.00 bits per heavy atom. The van der Waals surface area contributed by atoms with Gasteiger partial charge in [0.25, 0.3) is 6.29 Å². The van der Waals surface area contributed by atoms with Gasteiger partial charge in [-0.3, -0.25) is 0 Å². The van der Waals surface area contributed by atoms with Crippen molar-refractivity contribution in [3.63, 3.8) is 0 Å². The Hall–Kier alpha value is -0.600. The lowest BCUT2D eigenvalue weighted by Gasteiger charge is -2.10. The predicted octanol–water partition coefficient (Wildman–Crippen LogP) is 2.05. The van der Waals surface area contributed by atoms with E-state index in [1.54, 1.807) is 6.92 Å². The number of rotatable bonds is 8. The van der Waals surface area contributed by atoms with Crippen LogP contribution in [0, 0.1) is 11.8 Å². The first-order valence-corrected chi connectivity index (χ1v) is 4.83. The van der Waals surface area contributed by atoms with Crippen molar-refractivity contribution in [2.24, 2.45) is 0 Å². The van der Waals surface area contributed by atoms with Gasteiger partial charge < -0.3 is 0 Å². The second-order valence-corrected chi connectivity index (χ2v) is 2.56. The van der Waals surface area contributed by atoms with E-state index < -0.39 is 6.29 Å². The summed E-state index contributed by atoms with van der Waals surface area (Å²) >= 11 is 0. The van der Waals surface area contributed by atoms with Crippen molar-refractivity contribution < 1.29 is 19.6 Å². The molecule has 0 saturated carbocycles. The summed E-state index contributed by atoms with van der Waals surface area (Å²) in [4.78, 5) is 19.3. The fourth-order valence-corrected chi connectivity index (χ4v) is 0.568. The summed E-state index contributed by atoms with van der Waals surface area (Å²) in [5, 5.41) is 0. The molecule has 14 heavy (non-hydrogen) atoms. The van der Waals surface area contributed by atoms with Gasteiger partial charge in [0.1, 0.15) is 0 Å². The van der Waals surface area contributed by atoms with Gasteiger partial charge in [0.05, 0.1) is 13.2 Å². The Bertz CT molecular complexity index is 161. The minimum absolute atomic E-state index is 0.513. The summed E-state index contributed by atoms with van der Waals surface area (Å²) in [6.07, 6.45) is 0.989. The van der Waals surface area contributed by atoms with Gasteiger partial charge >= 0.3 is 0 Å². The molecule has 0 N–H and O–H groups in total. The largest absolute Gasteiger partial charge is 0.284 e. The maximum Gasteiger partial charge on any atom is 0.284 e. The molecule has 0 rings (SSSR count). The van der Waals surface area contributed by atoms with Gasteiger partial charge in [0.15, 0.2) is 0 Å². The minimum atomic E-state index is -0.766. The van der Waals surface area contributed by atoms with E-state index in [9.17, 15) is 0 Å². The van der Waals surface area contributed by atoms with Crippen molar-refractivity contribution >= 4 is 0 Å². The third kappa shape index (κ3) is 8.02. The zero-order valence-corrected chi connectivity index (χ0v) is 9.04. The molecule has 0 heterocycles. The van der Waals surface area contributed by atoms with Gasteiger partial charge in [-0.15, -0.1) is 5.92 Å². The quantitative estimate of drug-likeness (QED) is 0.198. The summed E-state index contributed by atoms with van der Waals surface area (Å²) in [5.41, 5.74) is 0. The van der Waals surface area contributed by atoms with Gasteiger partial charge in [-0.25, -0.2) is 9.78 Å². The van der Waals surface area contributed by atoms with Crippen LogP contribution in [-0.4, -0.2) is 19.5 Å². The highest BCUT2D eigenvalue weighted by molar-refractivity contribution is 4.97. The highest BCUT2D eigenvalue weighted by Gasteiger charge is 2.06. The predicted molar refractivity (Wildman–Crippen MR) is 51.9 cm³/mol. The van der Waals surface area contributed by atoms with Gasteiger partial charge in [-0.1, -0.05) is 13.8 Å². The lowest BCUT2D eigenvalue weighted by Crippen LogP contribution is -2.16. The third-order valence-corrected chi connectivity index (χ3v) is 1.15. The van der Waals surface area contributed by atoms with Crippen molar-refractivity contribution in [3.8, 4) is 11.8 Å². The van der Waals surface area contributed by atoms with Crippen LogP contribution in [0.4, 0.5) is 0 Å². The Labute approximate surface area is 85.3 Å². The molecule has 0 aliphatic heterocycles. The van der Waals surface area contributed by atoms with E-state index in [0.717, 1.165) is 12.8 Å². The molecule has 0 unspecified atom stereocenters. The van der Waals surface area contributed by atoms with Crippen LogP contribution >= 0.6 is 0 Å². The Morgan fingerprint density at radius 3 is 1.86 bits per heavy atom. The number of hydrogen-bond acceptors (Lipinski definition) is 4. The van der Waals surface area contributed by atoms with Crippen LogP contribution in [0.2, 0.25) is 0 Å². The van der Waals surface area contributed by atoms with Gasteiger partial charge in [0.2, 0.25) is 0 Å². The number of hydrogen-bond donors (Lipinski definition) is 0. The highest BCUT2D eigenvalue weighted by atomic mass is 17.3. The van der Waals surface area contributed by atoms with Crippen molar-refractivity contribution in [1.29, 1.82) is 0 Å². The normalized spacial score (nSPS) is 10.0. The first-order valence-electron chi connectivity index (χ1n) is 4.83. The topological polar surface area (TPSA) is 36.9 Å². The van der Waals surface area contributed by atoms with Crippen LogP contribution in [0.3, 0.4) is 0 Å². The first kappa shape index (κ1) is 13.4. The van der Waals surface area contributed by atoms with Crippen LogP contribution < -0.4 is 0 Å². The SMILES string of the molecule is CC#CC(OOCCC)OOCCC. The maximum atomic E-state index is 4.85. The first-order chi connectivity index (χ1) is 6.85. The molecular formula is C10H18O4. The zero-order valence-electron chi connectivity index (χ0n) is 9.04. The van der Waals surface area contributed by atoms with Crippen LogP contribution in [0.1, 0.15) is 33.6 Å². The second kappa shape index (κ2) is 10.5. The van der Waals surface area contributed by atoms with E-state index >= 15 is 0 Å². The Balaban J connectivity index is 3.59. The molecule has 0 aliphatic carbocycles. The molecule has 0 fully saturated rings. The van der Waals surface area contributed by atoms with Crippen LogP contribution in [-0.2, 0) is 19.6 Å². The maximum absolute atomic E-state index is 4.85. The molecule has 0 amide bonds. The Morgan fingerprint density at radius 2 is 1.50 bits per heavy atom. The molecule has 0 aromatic rings. The fraction of sp³-hybridized carbons (Fsp3) is 0.800. The van der Waals surface area contributed by atoms with E-state index in [2.05, 4.69) is 11.8 Å². The summed E-state index contributed by atoms with van der Waals surface area (Å²) in [7, 11) is 0. The highest BCUT2D eigenvalue weighted by Crippen LogP contribution is 1.97. The lowest BCUT2D eigenvalue weighted by molar-refractivity contribution is -0.445. The average Bonchev–Trinajstić information content (AvgIpc) is 2.18. The summed E-state index contributed by atoms with van der Waals surface area (Å²) < 4.78 is 0. The lowest BCUT2D eigenvalue weighted by atomic mass is 10.5. The van der Waals surface area contributed by atoms with Gasteiger partial charge in [0, 0.05) is 0 Å². The standard InChI is InChI=1S/C10H18O4/c1-4-7-10(13-11-8-5-2)14-12-9-6-3/h10H,5-6,8-9H2,1-3H3. The average molecular weight is 202 g/mol. The third-order valence-electron chi connectivity index (χ3n) is 1.15. The molecule has 0 saturated heterocycles. The van der Waals surface area contributed by atoms with Gasteiger partial charge in [-0.05, 0) is 25.7 Å². The monoisotopic (exact) mass is 202 g/mol. The minimum Gasteiger partial charge on any atom is -0.233 e. The smallest absolute Gasteiger partial charge is 0.233 e. The van der Waals surface area contributed by atoms with E-state index in [-0.39, 0.29) is 0 Å². The van der Waals surface area contributed by atoms with Crippen LogP contribution in [0.5, 0.6) is 0 Å². The molecular weight excluding hydrogens is 184 g/mol. The summed E-state index contributed by atoms with van der Waals surface area (Å²) in [5.74, 6) is 5.32. The van der Waals surface area contributed by atoms with Crippen molar-refractivity contribution in [1.82, 2.24) is 0 Å². The zero-order chi connectivity index (χ0) is 10.6. The molecule has 0 atom stereocenters. The van der Waals surface area contributed by atoms with Gasteiger partial charge in [-0.2, -0.15) is 9.78 Å². The molecule has 0 spiro atoms.